The molecule has 0 saturated carbocycles. The SMILES string of the molecule is CCCCCc1ccc(NC(=O)CN2CCSC2=O)cc1. The summed E-state index contributed by atoms with van der Waals surface area (Å²) >= 11 is 1.27. The van der Waals surface area contributed by atoms with Crippen molar-refractivity contribution in [2.24, 2.45) is 0 Å². The van der Waals surface area contributed by atoms with Gasteiger partial charge in [0, 0.05) is 18.0 Å². The zero-order valence-corrected chi connectivity index (χ0v) is 13.2. The van der Waals surface area contributed by atoms with Gasteiger partial charge in [-0.1, -0.05) is 43.7 Å². The lowest BCUT2D eigenvalue weighted by Gasteiger charge is -2.14. The van der Waals surface area contributed by atoms with E-state index in [0.717, 1.165) is 17.9 Å². The number of unbranched alkanes of at least 4 members (excludes halogenated alkanes) is 2. The molecule has 1 aromatic carbocycles. The summed E-state index contributed by atoms with van der Waals surface area (Å²) in [4.78, 5) is 24.9. The molecule has 5 heteroatoms. The summed E-state index contributed by atoms with van der Waals surface area (Å²) in [6, 6.07) is 7.98. The summed E-state index contributed by atoms with van der Waals surface area (Å²) in [6.07, 6.45) is 4.76. The van der Waals surface area contributed by atoms with E-state index in [1.54, 1.807) is 4.90 Å². The average Bonchev–Trinajstić information content (AvgIpc) is 2.86. The maximum atomic E-state index is 11.9. The van der Waals surface area contributed by atoms with Crippen molar-refractivity contribution in [3.8, 4) is 0 Å². The van der Waals surface area contributed by atoms with Gasteiger partial charge in [-0.2, -0.15) is 0 Å². The second-order valence-corrected chi connectivity index (χ2v) is 6.28. The molecule has 0 atom stereocenters. The van der Waals surface area contributed by atoms with Crippen molar-refractivity contribution in [2.45, 2.75) is 32.6 Å². The molecule has 1 aromatic rings. The van der Waals surface area contributed by atoms with Crippen molar-refractivity contribution in [3.05, 3.63) is 29.8 Å². The van der Waals surface area contributed by atoms with Crippen LogP contribution >= 0.6 is 11.8 Å². The topological polar surface area (TPSA) is 49.4 Å². The minimum Gasteiger partial charge on any atom is -0.325 e. The van der Waals surface area contributed by atoms with Crippen LogP contribution in [0.2, 0.25) is 0 Å². The van der Waals surface area contributed by atoms with E-state index in [2.05, 4.69) is 24.4 Å². The number of carbonyl (C=O) groups is 2. The lowest BCUT2D eigenvalue weighted by Crippen LogP contribution is -2.33. The normalized spacial score (nSPS) is 14.5. The highest BCUT2D eigenvalue weighted by Crippen LogP contribution is 2.17. The van der Waals surface area contributed by atoms with Crippen molar-refractivity contribution >= 4 is 28.6 Å². The van der Waals surface area contributed by atoms with Crippen molar-refractivity contribution in [1.82, 2.24) is 4.90 Å². The fourth-order valence-electron chi connectivity index (χ4n) is 2.28. The van der Waals surface area contributed by atoms with Crippen molar-refractivity contribution in [2.75, 3.05) is 24.2 Å². The second kappa shape index (κ2) is 8.08. The molecule has 1 saturated heterocycles. The van der Waals surface area contributed by atoms with Crippen LogP contribution in [0, 0.1) is 0 Å². The number of nitrogens with zero attached hydrogens (tertiary/aromatic N) is 1. The minimum absolute atomic E-state index is 0.00331. The summed E-state index contributed by atoms with van der Waals surface area (Å²) in [7, 11) is 0. The molecule has 2 rings (SSSR count). The molecule has 1 aliphatic heterocycles. The number of anilines is 1. The second-order valence-electron chi connectivity index (χ2n) is 5.24. The van der Waals surface area contributed by atoms with Gasteiger partial charge in [-0.15, -0.1) is 0 Å². The Morgan fingerprint density at radius 2 is 2.05 bits per heavy atom. The molecule has 0 radical (unpaired) electrons. The van der Waals surface area contributed by atoms with Gasteiger partial charge >= 0.3 is 0 Å². The molecule has 1 heterocycles. The molecule has 4 nitrogen and oxygen atoms in total. The summed E-state index contributed by atoms with van der Waals surface area (Å²) in [5.41, 5.74) is 2.09. The van der Waals surface area contributed by atoms with Crippen LogP contribution in [0.15, 0.2) is 24.3 Å². The van der Waals surface area contributed by atoms with Gasteiger partial charge in [-0.3, -0.25) is 9.59 Å². The van der Waals surface area contributed by atoms with Crippen LogP contribution in [-0.4, -0.2) is 34.9 Å². The van der Waals surface area contributed by atoms with Crippen LogP contribution in [0.3, 0.4) is 0 Å². The largest absolute Gasteiger partial charge is 0.325 e. The first kappa shape index (κ1) is 15.9. The molecule has 0 spiro atoms. The molecular formula is C16H22N2O2S. The van der Waals surface area contributed by atoms with Gasteiger partial charge < -0.3 is 10.2 Å². The minimum atomic E-state index is -0.135. The zero-order valence-electron chi connectivity index (χ0n) is 12.4. The quantitative estimate of drug-likeness (QED) is 0.784. The number of benzene rings is 1. The van der Waals surface area contributed by atoms with Gasteiger partial charge in [0.15, 0.2) is 0 Å². The van der Waals surface area contributed by atoms with Gasteiger partial charge in [0.2, 0.25) is 5.91 Å². The van der Waals surface area contributed by atoms with Crippen LogP contribution in [0.4, 0.5) is 10.5 Å². The van der Waals surface area contributed by atoms with E-state index in [9.17, 15) is 9.59 Å². The summed E-state index contributed by atoms with van der Waals surface area (Å²) in [5, 5.41) is 2.84. The Balaban J connectivity index is 1.79. The van der Waals surface area contributed by atoms with E-state index in [0.29, 0.717) is 6.54 Å². The highest BCUT2D eigenvalue weighted by molar-refractivity contribution is 8.13. The molecule has 0 unspecified atom stereocenters. The number of rotatable bonds is 7. The Bertz CT molecular complexity index is 488. The number of nitrogens with one attached hydrogen (secondary N) is 1. The summed E-state index contributed by atoms with van der Waals surface area (Å²) in [6.45, 7) is 3.00. The van der Waals surface area contributed by atoms with E-state index in [-0.39, 0.29) is 17.7 Å². The molecule has 114 valence electrons. The Kier molecular flexibility index (Phi) is 6.11. The maximum absolute atomic E-state index is 11.9. The number of hydrogen-bond acceptors (Lipinski definition) is 3. The first-order valence-electron chi connectivity index (χ1n) is 7.49. The predicted molar refractivity (Wildman–Crippen MR) is 87.7 cm³/mol. The Hall–Kier alpha value is -1.49. The lowest BCUT2D eigenvalue weighted by molar-refractivity contribution is -0.116. The van der Waals surface area contributed by atoms with E-state index in [1.807, 2.05) is 12.1 Å². The molecule has 0 aliphatic carbocycles. The average molecular weight is 306 g/mol. The highest BCUT2D eigenvalue weighted by atomic mass is 32.2. The van der Waals surface area contributed by atoms with E-state index in [1.165, 1.54) is 36.6 Å². The molecule has 0 bridgehead atoms. The van der Waals surface area contributed by atoms with E-state index < -0.39 is 0 Å². The van der Waals surface area contributed by atoms with Gasteiger partial charge in [-0.05, 0) is 30.5 Å². The first-order chi connectivity index (χ1) is 10.2. The number of thioether (sulfide) groups is 1. The number of aryl methyl sites for hydroxylation is 1. The van der Waals surface area contributed by atoms with Gasteiger partial charge in [-0.25, -0.2) is 0 Å². The molecule has 2 amide bonds. The molecule has 0 aromatic heterocycles. The van der Waals surface area contributed by atoms with Crippen LogP contribution in [0.25, 0.3) is 0 Å². The fraction of sp³-hybridized carbons (Fsp3) is 0.500. The fourth-order valence-corrected chi connectivity index (χ4v) is 3.10. The van der Waals surface area contributed by atoms with Crippen molar-refractivity contribution in [1.29, 1.82) is 0 Å². The zero-order chi connectivity index (χ0) is 15.1. The summed E-state index contributed by atoms with van der Waals surface area (Å²) in [5.74, 6) is 0.642. The molecule has 1 N–H and O–H groups in total. The number of amides is 2. The van der Waals surface area contributed by atoms with Gasteiger partial charge in [0.1, 0.15) is 6.54 Å². The Labute approximate surface area is 130 Å². The maximum Gasteiger partial charge on any atom is 0.282 e. The molecule has 1 fully saturated rings. The number of hydrogen-bond donors (Lipinski definition) is 1. The van der Waals surface area contributed by atoms with Gasteiger partial charge in [0.05, 0.1) is 0 Å². The highest BCUT2D eigenvalue weighted by Gasteiger charge is 2.23. The summed E-state index contributed by atoms with van der Waals surface area (Å²) < 4.78 is 0. The molecule has 1 aliphatic rings. The van der Waals surface area contributed by atoms with E-state index >= 15 is 0 Å². The van der Waals surface area contributed by atoms with E-state index in [4.69, 9.17) is 0 Å². The van der Waals surface area contributed by atoms with Crippen LogP contribution in [0.5, 0.6) is 0 Å². The van der Waals surface area contributed by atoms with Crippen LogP contribution in [0.1, 0.15) is 31.7 Å². The third-order valence-electron chi connectivity index (χ3n) is 3.49. The van der Waals surface area contributed by atoms with Crippen molar-refractivity contribution < 1.29 is 9.59 Å². The standard InChI is InChI=1S/C16H22N2O2S/c1-2-3-4-5-13-6-8-14(9-7-13)17-15(19)12-18-10-11-21-16(18)20/h6-9H,2-5,10-12H2,1H3,(H,17,19). The van der Waals surface area contributed by atoms with Crippen LogP contribution in [-0.2, 0) is 11.2 Å². The van der Waals surface area contributed by atoms with Crippen LogP contribution < -0.4 is 5.32 Å². The first-order valence-corrected chi connectivity index (χ1v) is 8.48. The Morgan fingerprint density at radius 3 is 2.67 bits per heavy atom. The third-order valence-corrected chi connectivity index (χ3v) is 4.38. The van der Waals surface area contributed by atoms with Crippen molar-refractivity contribution in [3.63, 3.8) is 0 Å². The van der Waals surface area contributed by atoms with Gasteiger partial charge in [0.25, 0.3) is 5.24 Å². The lowest BCUT2D eigenvalue weighted by atomic mass is 10.1. The predicted octanol–water partition coefficient (Wildman–Crippen LogP) is 3.53. The molecule has 21 heavy (non-hydrogen) atoms. The monoisotopic (exact) mass is 306 g/mol. The Morgan fingerprint density at radius 1 is 1.29 bits per heavy atom. The smallest absolute Gasteiger partial charge is 0.282 e. The third kappa shape index (κ3) is 5.08. The molecular weight excluding hydrogens is 284 g/mol. The number of carbonyl (C=O) groups excluding carboxylic acids is 2.